The van der Waals surface area contributed by atoms with Gasteiger partial charge in [-0.3, -0.25) is 0 Å². The van der Waals surface area contributed by atoms with E-state index >= 15 is 0 Å². The van der Waals surface area contributed by atoms with Crippen molar-refractivity contribution in [1.82, 2.24) is 5.16 Å². The topological polar surface area (TPSA) is 67.5 Å². The second-order valence-electron chi connectivity index (χ2n) is 4.16. The second kappa shape index (κ2) is 5.36. The Morgan fingerprint density at radius 3 is 2.25 bits per heavy atom. The number of nitroso groups, excluding NO2 is 1. The molecule has 1 aromatic heterocycles. The molecule has 0 aliphatic rings. The molecular formula is C15H11N3O2. The first kappa shape index (κ1) is 12.1. The molecule has 1 N–H and O–H groups in total. The summed E-state index contributed by atoms with van der Waals surface area (Å²) in [6, 6.07) is 18.7. The summed E-state index contributed by atoms with van der Waals surface area (Å²) >= 11 is 0. The van der Waals surface area contributed by atoms with E-state index in [4.69, 9.17) is 4.52 Å². The van der Waals surface area contributed by atoms with Crippen molar-refractivity contribution in [3.63, 3.8) is 0 Å². The van der Waals surface area contributed by atoms with Gasteiger partial charge in [0.15, 0.2) is 11.4 Å². The van der Waals surface area contributed by atoms with Crippen LogP contribution in [0.15, 0.2) is 70.4 Å². The monoisotopic (exact) mass is 265 g/mol. The van der Waals surface area contributed by atoms with E-state index in [1.807, 2.05) is 60.7 Å². The number of anilines is 2. The molecule has 0 atom stereocenters. The number of benzene rings is 2. The van der Waals surface area contributed by atoms with Gasteiger partial charge in [0.1, 0.15) is 0 Å². The minimum absolute atomic E-state index is 0.167. The van der Waals surface area contributed by atoms with Gasteiger partial charge in [0.25, 0.3) is 0 Å². The minimum Gasteiger partial charge on any atom is -0.352 e. The van der Waals surface area contributed by atoms with Crippen molar-refractivity contribution in [3.8, 4) is 11.3 Å². The van der Waals surface area contributed by atoms with Gasteiger partial charge >= 0.3 is 0 Å². The van der Waals surface area contributed by atoms with E-state index in [0.29, 0.717) is 11.6 Å². The van der Waals surface area contributed by atoms with Gasteiger partial charge in [-0.1, -0.05) is 53.7 Å². The third-order valence-electron chi connectivity index (χ3n) is 2.83. The highest BCUT2D eigenvalue weighted by atomic mass is 16.5. The molecular weight excluding hydrogens is 254 g/mol. The third kappa shape index (κ3) is 2.29. The zero-order chi connectivity index (χ0) is 13.8. The van der Waals surface area contributed by atoms with E-state index in [-0.39, 0.29) is 5.69 Å². The molecule has 1 heterocycles. The van der Waals surface area contributed by atoms with Crippen LogP contribution in [0.2, 0.25) is 0 Å². The number of nitrogens with zero attached hydrogens (tertiary/aromatic N) is 2. The van der Waals surface area contributed by atoms with Gasteiger partial charge in [-0.2, -0.15) is 0 Å². The van der Waals surface area contributed by atoms with Gasteiger partial charge in [-0.25, -0.2) is 0 Å². The van der Waals surface area contributed by atoms with E-state index < -0.39 is 0 Å². The Labute approximate surface area is 115 Å². The maximum absolute atomic E-state index is 11.1. The van der Waals surface area contributed by atoms with Crippen LogP contribution >= 0.6 is 0 Å². The summed E-state index contributed by atoms with van der Waals surface area (Å²) in [6.45, 7) is 0. The molecule has 3 aromatic rings. The Morgan fingerprint density at radius 2 is 1.60 bits per heavy atom. The van der Waals surface area contributed by atoms with Crippen molar-refractivity contribution in [1.29, 1.82) is 0 Å². The van der Waals surface area contributed by atoms with Crippen molar-refractivity contribution in [2.24, 2.45) is 5.18 Å². The fraction of sp³-hybridized carbons (Fsp3) is 0. The fourth-order valence-electron chi connectivity index (χ4n) is 1.89. The number of aromatic nitrogens is 1. The lowest BCUT2D eigenvalue weighted by Crippen LogP contribution is -1.89. The predicted molar refractivity (Wildman–Crippen MR) is 77.1 cm³/mol. The smallest absolute Gasteiger partial charge is 0.204 e. The molecule has 0 aliphatic carbocycles. The standard InChI is InChI=1S/C15H11N3O2/c19-17-13-14(11-7-3-1-4-8-11)20-18-15(13)16-12-9-5-2-6-10-12/h1-10H,(H,16,18). The molecule has 0 amide bonds. The van der Waals surface area contributed by atoms with Crippen molar-refractivity contribution in [2.45, 2.75) is 0 Å². The van der Waals surface area contributed by atoms with Gasteiger partial charge < -0.3 is 9.84 Å². The van der Waals surface area contributed by atoms with Gasteiger partial charge in [-0.05, 0) is 17.3 Å². The molecule has 0 aliphatic heterocycles. The van der Waals surface area contributed by atoms with Crippen LogP contribution in [-0.4, -0.2) is 5.16 Å². The van der Waals surface area contributed by atoms with Crippen LogP contribution in [0.3, 0.4) is 0 Å². The number of rotatable bonds is 4. The molecule has 98 valence electrons. The minimum atomic E-state index is 0.167. The maximum Gasteiger partial charge on any atom is 0.204 e. The number of para-hydroxylation sites is 1. The summed E-state index contributed by atoms with van der Waals surface area (Å²) in [5.41, 5.74) is 1.74. The summed E-state index contributed by atoms with van der Waals surface area (Å²) in [6.07, 6.45) is 0. The first-order valence-electron chi connectivity index (χ1n) is 6.09. The normalized spacial score (nSPS) is 10.2. The molecule has 3 rings (SSSR count). The average molecular weight is 265 g/mol. The van der Waals surface area contributed by atoms with E-state index in [0.717, 1.165) is 11.3 Å². The highest BCUT2D eigenvalue weighted by Gasteiger charge is 2.18. The van der Waals surface area contributed by atoms with Crippen LogP contribution in [0.5, 0.6) is 0 Å². The van der Waals surface area contributed by atoms with E-state index in [2.05, 4.69) is 15.7 Å². The van der Waals surface area contributed by atoms with E-state index in [1.165, 1.54) is 0 Å². The highest BCUT2D eigenvalue weighted by molar-refractivity contribution is 5.80. The Morgan fingerprint density at radius 1 is 0.950 bits per heavy atom. The van der Waals surface area contributed by atoms with Gasteiger partial charge in [-0.15, -0.1) is 4.91 Å². The Balaban J connectivity index is 1.98. The van der Waals surface area contributed by atoms with Crippen LogP contribution in [0, 0.1) is 4.91 Å². The summed E-state index contributed by atoms with van der Waals surface area (Å²) in [5, 5.41) is 9.93. The Hall–Kier alpha value is -2.95. The largest absolute Gasteiger partial charge is 0.352 e. The number of nitrogens with one attached hydrogen (secondary N) is 1. The molecule has 0 saturated carbocycles. The molecule has 5 heteroatoms. The lowest BCUT2D eigenvalue weighted by Gasteiger charge is -2.01. The molecule has 0 fully saturated rings. The van der Waals surface area contributed by atoms with Crippen molar-refractivity contribution in [3.05, 3.63) is 65.6 Å². The zero-order valence-corrected chi connectivity index (χ0v) is 10.5. The van der Waals surface area contributed by atoms with Crippen LogP contribution < -0.4 is 5.32 Å². The first-order valence-corrected chi connectivity index (χ1v) is 6.09. The van der Waals surface area contributed by atoms with E-state index in [1.54, 1.807) is 0 Å². The summed E-state index contributed by atoms with van der Waals surface area (Å²) in [5.74, 6) is 0.670. The molecule has 5 nitrogen and oxygen atoms in total. The van der Waals surface area contributed by atoms with Crippen molar-refractivity contribution >= 4 is 17.2 Å². The highest BCUT2D eigenvalue weighted by Crippen LogP contribution is 2.37. The van der Waals surface area contributed by atoms with Crippen molar-refractivity contribution in [2.75, 3.05) is 5.32 Å². The second-order valence-corrected chi connectivity index (χ2v) is 4.16. The number of hydrogen-bond acceptors (Lipinski definition) is 5. The first-order chi connectivity index (χ1) is 9.88. The zero-order valence-electron chi connectivity index (χ0n) is 10.5. The Kier molecular flexibility index (Phi) is 3.24. The summed E-state index contributed by atoms with van der Waals surface area (Å²) in [7, 11) is 0. The SMILES string of the molecule is O=Nc1c(Nc2ccccc2)noc1-c1ccccc1. The lowest BCUT2D eigenvalue weighted by atomic mass is 10.1. The lowest BCUT2D eigenvalue weighted by molar-refractivity contribution is 0.435. The molecule has 20 heavy (non-hydrogen) atoms. The van der Waals surface area contributed by atoms with Crippen molar-refractivity contribution < 1.29 is 4.52 Å². The van der Waals surface area contributed by atoms with Gasteiger partial charge in [0.2, 0.25) is 5.82 Å². The third-order valence-corrected chi connectivity index (χ3v) is 2.83. The summed E-state index contributed by atoms with van der Waals surface area (Å²) < 4.78 is 5.24. The summed E-state index contributed by atoms with van der Waals surface area (Å²) in [4.78, 5) is 11.1. The average Bonchev–Trinajstić information content (AvgIpc) is 2.92. The fourth-order valence-corrected chi connectivity index (χ4v) is 1.89. The molecule has 2 aromatic carbocycles. The predicted octanol–water partition coefficient (Wildman–Crippen LogP) is 4.48. The van der Waals surface area contributed by atoms with Gasteiger partial charge in [0, 0.05) is 11.3 Å². The Bertz CT molecular complexity index is 708. The van der Waals surface area contributed by atoms with Crippen LogP contribution in [0.25, 0.3) is 11.3 Å². The molecule has 0 unspecified atom stereocenters. The van der Waals surface area contributed by atoms with Crippen LogP contribution in [0.1, 0.15) is 0 Å². The van der Waals surface area contributed by atoms with Crippen LogP contribution in [0.4, 0.5) is 17.2 Å². The van der Waals surface area contributed by atoms with Gasteiger partial charge in [0.05, 0.1) is 0 Å². The molecule has 0 saturated heterocycles. The quantitative estimate of drug-likeness (QED) is 0.706. The number of hydrogen-bond donors (Lipinski definition) is 1. The molecule has 0 bridgehead atoms. The molecule has 0 radical (unpaired) electrons. The van der Waals surface area contributed by atoms with E-state index in [9.17, 15) is 4.91 Å². The molecule has 0 spiro atoms. The maximum atomic E-state index is 11.1. The van der Waals surface area contributed by atoms with Crippen LogP contribution in [-0.2, 0) is 0 Å².